The van der Waals surface area contributed by atoms with Crippen molar-refractivity contribution in [3.63, 3.8) is 0 Å². The highest BCUT2D eigenvalue weighted by atomic mass is 32.2. The van der Waals surface area contributed by atoms with Crippen molar-refractivity contribution in [2.75, 3.05) is 13.1 Å². The molecule has 2 aromatic carbocycles. The van der Waals surface area contributed by atoms with E-state index in [0.29, 0.717) is 6.54 Å². The van der Waals surface area contributed by atoms with Crippen LogP contribution in [0, 0.1) is 11.7 Å². The highest BCUT2D eigenvalue weighted by Crippen LogP contribution is 2.25. The first-order chi connectivity index (χ1) is 16.9. The molecule has 3 aromatic rings. The highest BCUT2D eigenvalue weighted by molar-refractivity contribution is 7.89. The molecule has 0 fully saturated rings. The van der Waals surface area contributed by atoms with Crippen LogP contribution in [0.4, 0.5) is 4.39 Å². The van der Waals surface area contributed by atoms with E-state index in [9.17, 15) is 17.6 Å². The molecular formula is C28H35FN2O3S2. The van der Waals surface area contributed by atoms with Crippen molar-refractivity contribution in [3.8, 4) is 0 Å². The molecule has 1 amide bonds. The van der Waals surface area contributed by atoms with Gasteiger partial charge in [0.15, 0.2) is 0 Å². The molecule has 0 radical (unpaired) electrons. The topological polar surface area (TPSA) is 57.7 Å². The van der Waals surface area contributed by atoms with Crippen molar-refractivity contribution < 1.29 is 17.6 Å². The van der Waals surface area contributed by atoms with Crippen molar-refractivity contribution >= 4 is 27.3 Å². The monoisotopic (exact) mass is 530 g/mol. The second-order valence-corrected chi connectivity index (χ2v) is 13.4. The molecule has 0 spiro atoms. The molecule has 194 valence electrons. The lowest BCUT2D eigenvalue weighted by molar-refractivity contribution is -0.132. The Bertz CT molecular complexity index is 1230. The first-order valence-corrected chi connectivity index (χ1v) is 14.3. The molecule has 0 unspecified atom stereocenters. The summed E-state index contributed by atoms with van der Waals surface area (Å²) in [6, 6.07) is 16.8. The maximum atomic E-state index is 13.6. The first-order valence-electron chi connectivity index (χ1n) is 12.0. The number of rotatable bonds is 10. The number of hydrogen-bond acceptors (Lipinski definition) is 4. The third kappa shape index (κ3) is 7.48. The molecule has 36 heavy (non-hydrogen) atoms. The average Bonchev–Trinajstić information content (AvgIpc) is 3.32. The van der Waals surface area contributed by atoms with Gasteiger partial charge in [-0.3, -0.25) is 4.79 Å². The Morgan fingerprint density at radius 2 is 1.61 bits per heavy atom. The molecule has 0 aliphatic rings. The van der Waals surface area contributed by atoms with Crippen LogP contribution in [-0.4, -0.2) is 36.6 Å². The number of halogens is 1. The zero-order chi connectivity index (χ0) is 26.5. The number of benzene rings is 2. The Morgan fingerprint density at radius 3 is 2.14 bits per heavy atom. The van der Waals surface area contributed by atoms with Crippen LogP contribution in [0.2, 0.25) is 0 Å². The van der Waals surface area contributed by atoms with Gasteiger partial charge in [-0.25, -0.2) is 12.8 Å². The largest absolute Gasteiger partial charge is 0.332 e. The lowest BCUT2D eigenvalue weighted by Gasteiger charge is -2.28. The number of nitrogens with zero attached hydrogens (tertiary/aromatic N) is 2. The highest BCUT2D eigenvalue weighted by Gasteiger charge is 2.30. The minimum Gasteiger partial charge on any atom is -0.332 e. The van der Waals surface area contributed by atoms with Crippen LogP contribution in [0.3, 0.4) is 0 Å². The van der Waals surface area contributed by atoms with Gasteiger partial charge in [-0.05, 0) is 58.2 Å². The molecule has 0 aliphatic carbocycles. The molecule has 5 nitrogen and oxygen atoms in total. The van der Waals surface area contributed by atoms with Gasteiger partial charge in [0.05, 0.1) is 18.0 Å². The zero-order valence-corrected chi connectivity index (χ0v) is 23.2. The van der Waals surface area contributed by atoms with Gasteiger partial charge in [-0.2, -0.15) is 4.31 Å². The van der Waals surface area contributed by atoms with Gasteiger partial charge in [0.2, 0.25) is 15.9 Å². The molecule has 0 N–H and O–H groups in total. The van der Waals surface area contributed by atoms with Crippen molar-refractivity contribution in [1.29, 1.82) is 0 Å². The van der Waals surface area contributed by atoms with E-state index in [0.717, 1.165) is 16.0 Å². The van der Waals surface area contributed by atoms with Gasteiger partial charge < -0.3 is 4.90 Å². The number of carbonyl (C=O) groups is 1. The van der Waals surface area contributed by atoms with Gasteiger partial charge in [0.1, 0.15) is 5.82 Å². The average molecular weight is 531 g/mol. The Morgan fingerprint density at radius 1 is 0.972 bits per heavy atom. The number of carbonyl (C=O) groups excluding carboxylic acids is 1. The fraction of sp³-hybridized carbons (Fsp3) is 0.393. The maximum Gasteiger partial charge on any atom is 0.243 e. The van der Waals surface area contributed by atoms with Gasteiger partial charge in [0.25, 0.3) is 0 Å². The van der Waals surface area contributed by atoms with Crippen molar-refractivity contribution in [3.05, 3.63) is 87.9 Å². The van der Waals surface area contributed by atoms with Crippen LogP contribution in [0.1, 0.15) is 50.6 Å². The van der Waals surface area contributed by atoms with E-state index < -0.39 is 10.0 Å². The van der Waals surface area contributed by atoms with E-state index in [2.05, 4.69) is 20.8 Å². The Hall–Kier alpha value is -2.55. The van der Waals surface area contributed by atoms with Crippen LogP contribution in [0.15, 0.2) is 70.9 Å². The van der Waals surface area contributed by atoms with Gasteiger partial charge in [0, 0.05) is 18.0 Å². The standard InChI is InChI=1S/C28H35FN2O3S2/c1-21(2)17-31(36(33,34)26-14-10-23(11-15-26)28(3,4)5)20-27(32)30(19-25-7-6-16-35-25)18-22-8-12-24(29)13-9-22/h6-16,21H,17-20H2,1-5H3. The molecular weight excluding hydrogens is 495 g/mol. The van der Waals surface area contributed by atoms with Crippen LogP contribution >= 0.6 is 11.3 Å². The van der Waals surface area contributed by atoms with E-state index in [1.807, 2.05) is 43.5 Å². The van der Waals surface area contributed by atoms with Crippen LogP contribution < -0.4 is 0 Å². The Kier molecular flexibility index (Phi) is 9.08. The predicted octanol–water partition coefficient (Wildman–Crippen LogP) is 6.06. The molecule has 3 rings (SSSR count). The number of sulfonamides is 1. The second kappa shape index (κ2) is 11.7. The fourth-order valence-corrected chi connectivity index (χ4v) is 6.09. The molecule has 1 heterocycles. The molecule has 0 atom stereocenters. The first kappa shape index (κ1) is 28.0. The summed E-state index contributed by atoms with van der Waals surface area (Å²) in [4.78, 5) is 16.3. The lowest BCUT2D eigenvalue weighted by atomic mass is 9.87. The van der Waals surface area contributed by atoms with Crippen LogP contribution in [0.5, 0.6) is 0 Å². The number of hydrogen-bond donors (Lipinski definition) is 0. The summed E-state index contributed by atoms with van der Waals surface area (Å²) in [5, 5.41) is 1.94. The van der Waals surface area contributed by atoms with Gasteiger partial charge >= 0.3 is 0 Å². The molecule has 1 aromatic heterocycles. The summed E-state index contributed by atoms with van der Waals surface area (Å²) in [6.45, 7) is 10.6. The summed E-state index contributed by atoms with van der Waals surface area (Å²) in [5.74, 6) is -0.617. The summed E-state index contributed by atoms with van der Waals surface area (Å²) >= 11 is 1.53. The lowest BCUT2D eigenvalue weighted by Crippen LogP contribution is -2.43. The van der Waals surface area contributed by atoms with Crippen molar-refractivity contribution in [2.24, 2.45) is 5.92 Å². The maximum absolute atomic E-state index is 13.6. The van der Waals surface area contributed by atoms with E-state index in [1.165, 1.54) is 27.8 Å². The third-order valence-electron chi connectivity index (χ3n) is 5.80. The molecule has 0 bridgehead atoms. The van der Waals surface area contributed by atoms with E-state index in [-0.39, 0.29) is 47.6 Å². The SMILES string of the molecule is CC(C)CN(CC(=O)N(Cc1ccc(F)cc1)Cc1cccs1)S(=O)(=O)c1ccc(C(C)(C)C)cc1. The van der Waals surface area contributed by atoms with E-state index >= 15 is 0 Å². The Labute approximate surface area is 218 Å². The third-order valence-corrected chi connectivity index (χ3v) is 8.49. The summed E-state index contributed by atoms with van der Waals surface area (Å²) in [6.07, 6.45) is 0. The zero-order valence-electron chi connectivity index (χ0n) is 21.6. The minimum atomic E-state index is -3.89. The smallest absolute Gasteiger partial charge is 0.243 e. The minimum absolute atomic E-state index is 0.0317. The molecule has 0 aliphatic heterocycles. The van der Waals surface area contributed by atoms with Crippen molar-refractivity contribution in [2.45, 2.75) is 58.0 Å². The normalized spacial score (nSPS) is 12.3. The Balaban J connectivity index is 1.87. The number of thiophene rings is 1. The quantitative estimate of drug-likeness (QED) is 0.320. The number of amides is 1. The van der Waals surface area contributed by atoms with Gasteiger partial charge in [-0.15, -0.1) is 11.3 Å². The predicted molar refractivity (Wildman–Crippen MR) is 144 cm³/mol. The summed E-state index contributed by atoms with van der Waals surface area (Å²) in [7, 11) is -3.89. The fourth-order valence-electron chi connectivity index (χ4n) is 3.81. The molecule has 8 heteroatoms. The van der Waals surface area contributed by atoms with Crippen LogP contribution in [-0.2, 0) is 33.3 Å². The van der Waals surface area contributed by atoms with Crippen LogP contribution in [0.25, 0.3) is 0 Å². The van der Waals surface area contributed by atoms with E-state index in [4.69, 9.17) is 0 Å². The molecule has 0 saturated heterocycles. The van der Waals surface area contributed by atoms with Crippen molar-refractivity contribution in [1.82, 2.24) is 9.21 Å². The summed E-state index contributed by atoms with van der Waals surface area (Å²) < 4.78 is 41.9. The molecule has 0 saturated carbocycles. The van der Waals surface area contributed by atoms with E-state index in [1.54, 1.807) is 29.2 Å². The van der Waals surface area contributed by atoms with Gasteiger partial charge in [-0.1, -0.05) is 65.0 Å². The summed E-state index contributed by atoms with van der Waals surface area (Å²) in [5.41, 5.74) is 1.71. The second-order valence-electron chi connectivity index (χ2n) is 10.4.